The van der Waals surface area contributed by atoms with Crippen molar-refractivity contribution in [3.05, 3.63) is 61.9 Å². The lowest BCUT2D eigenvalue weighted by molar-refractivity contribution is -0.139. The highest BCUT2D eigenvalue weighted by Crippen LogP contribution is 2.37. The summed E-state index contributed by atoms with van der Waals surface area (Å²) < 4.78 is 6.15. The SMILES string of the molecule is O=C(O)COc1c(Br)cc(/C=C2\SC(=O)N(CC(=O)Nc3ccccc3)C2=O)cc1Br. The molecule has 1 heterocycles. The number of nitrogens with zero attached hydrogens (tertiary/aromatic N) is 1. The molecule has 3 rings (SSSR count). The number of hydrogen-bond donors (Lipinski definition) is 2. The lowest BCUT2D eigenvalue weighted by Crippen LogP contribution is -2.36. The number of anilines is 1. The number of benzene rings is 2. The van der Waals surface area contributed by atoms with Gasteiger partial charge in [0.05, 0.1) is 13.9 Å². The molecule has 0 unspecified atom stereocenters. The lowest BCUT2D eigenvalue weighted by atomic mass is 10.2. The predicted molar refractivity (Wildman–Crippen MR) is 123 cm³/mol. The summed E-state index contributed by atoms with van der Waals surface area (Å²) in [4.78, 5) is 48.9. The van der Waals surface area contributed by atoms with Crippen LogP contribution in [0.3, 0.4) is 0 Å². The second kappa shape index (κ2) is 10.1. The molecule has 8 nitrogen and oxygen atoms in total. The van der Waals surface area contributed by atoms with Gasteiger partial charge in [-0.25, -0.2) is 4.79 Å². The molecule has 0 saturated carbocycles. The van der Waals surface area contributed by atoms with Crippen molar-refractivity contribution in [1.82, 2.24) is 4.90 Å². The summed E-state index contributed by atoms with van der Waals surface area (Å²) in [6.07, 6.45) is 1.51. The topological polar surface area (TPSA) is 113 Å². The first-order chi connectivity index (χ1) is 14.7. The van der Waals surface area contributed by atoms with Gasteiger partial charge in [0.2, 0.25) is 5.91 Å². The number of carbonyl (C=O) groups excluding carboxylic acids is 3. The fraction of sp³-hybridized carbons (Fsp3) is 0.100. The third kappa shape index (κ3) is 5.96. The molecule has 1 fully saturated rings. The monoisotopic (exact) mass is 568 g/mol. The average molecular weight is 570 g/mol. The number of aliphatic carboxylic acids is 1. The Morgan fingerprint density at radius 3 is 2.39 bits per heavy atom. The van der Waals surface area contributed by atoms with Gasteiger partial charge < -0.3 is 15.2 Å². The quantitative estimate of drug-likeness (QED) is 0.477. The standard InChI is InChI=1S/C20H14Br2N2O6S/c21-13-6-11(7-14(22)18(13)30-10-17(26)27)8-15-19(28)24(20(29)31-15)9-16(25)23-12-4-2-1-3-5-12/h1-8H,9-10H2,(H,23,25)(H,26,27)/b15-8-. The van der Waals surface area contributed by atoms with Gasteiger partial charge in [-0.2, -0.15) is 0 Å². The van der Waals surface area contributed by atoms with E-state index < -0.39 is 36.2 Å². The van der Waals surface area contributed by atoms with Crippen LogP contribution in [0, 0.1) is 0 Å². The van der Waals surface area contributed by atoms with Gasteiger partial charge in [0.1, 0.15) is 12.3 Å². The van der Waals surface area contributed by atoms with Crippen LogP contribution in [0.2, 0.25) is 0 Å². The third-order valence-electron chi connectivity index (χ3n) is 3.89. The lowest BCUT2D eigenvalue weighted by Gasteiger charge is -2.12. The number of imide groups is 1. The van der Waals surface area contributed by atoms with Crippen molar-refractivity contribution in [2.75, 3.05) is 18.5 Å². The molecule has 2 aromatic carbocycles. The molecule has 0 atom stereocenters. The average Bonchev–Trinajstić information content (AvgIpc) is 2.95. The van der Waals surface area contributed by atoms with Gasteiger partial charge in [0.15, 0.2) is 6.61 Å². The van der Waals surface area contributed by atoms with Crippen molar-refractivity contribution < 1.29 is 29.0 Å². The Kier molecular flexibility index (Phi) is 7.52. The first kappa shape index (κ1) is 23.0. The van der Waals surface area contributed by atoms with Crippen LogP contribution in [0.5, 0.6) is 5.75 Å². The fourth-order valence-corrected chi connectivity index (χ4v) is 4.88. The van der Waals surface area contributed by atoms with Crippen LogP contribution in [-0.4, -0.2) is 46.2 Å². The van der Waals surface area contributed by atoms with Crippen molar-refractivity contribution in [3.63, 3.8) is 0 Å². The van der Waals surface area contributed by atoms with Crippen molar-refractivity contribution in [2.45, 2.75) is 0 Å². The van der Waals surface area contributed by atoms with E-state index in [1.165, 1.54) is 6.08 Å². The highest BCUT2D eigenvalue weighted by molar-refractivity contribution is 9.11. The number of rotatable bonds is 7. The van der Waals surface area contributed by atoms with Crippen molar-refractivity contribution in [3.8, 4) is 5.75 Å². The second-order valence-electron chi connectivity index (χ2n) is 6.18. The van der Waals surface area contributed by atoms with Crippen molar-refractivity contribution >= 4 is 78.4 Å². The molecular formula is C20H14Br2N2O6S. The van der Waals surface area contributed by atoms with Gasteiger partial charge in [-0.3, -0.25) is 19.3 Å². The van der Waals surface area contributed by atoms with Crippen LogP contribution in [-0.2, 0) is 14.4 Å². The number of carboxylic acids is 1. The van der Waals surface area contributed by atoms with E-state index in [0.717, 1.165) is 16.7 Å². The summed E-state index contributed by atoms with van der Waals surface area (Å²) in [5.41, 5.74) is 1.13. The Labute approximate surface area is 197 Å². The first-order valence-electron chi connectivity index (χ1n) is 8.68. The summed E-state index contributed by atoms with van der Waals surface area (Å²) in [6, 6.07) is 12.0. The fourth-order valence-electron chi connectivity index (χ4n) is 2.59. The van der Waals surface area contributed by atoms with Crippen LogP contribution in [0.25, 0.3) is 6.08 Å². The zero-order chi connectivity index (χ0) is 22.5. The van der Waals surface area contributed by atoms with Crippen LogP contribution in [0.15, 0.2) is 56.3 Å². The molecule has 31 heavy (non-hydrogen) atoms. The molecule has 0 aromatic heterocycles. The van der Waals surface area contributed by atoms with Crippen LogP contribution >= 0.6 is 43.6 Å². The van der Waals surface area contributed by atoms with Crippen LogP contribution in [0.4, 0.5) is 10.5 Å². The largest absolute Gasteiger partial charge is 0.480 e. The molecule has 3 amide bonds. The highest BCUT2D eigenvalue weighted by Gasteiger charge is 2.36. The smallest absolute Gasteiger partial charge is 0.341 e. The molecular weight excluding hydrogens is 556 g/mol. The van der Waals surface area contributed by atoms with Gasteiger partial charge in [-0.15, -0.1) is 0 Å². The van der Waals surface area contributed by atoms with Gasteiger partial charge in [0.25, 0.3) is 11.1 Å². The number of carbonyl (C=O) groups is 4. The van der Waals surface area contributed by atoms with Gasteiger partial charge in [-0.1, -0.05) is 18.2 Å². The zero-order valence-corrected chi connectivity index (χ0v) is 19.6. The molecule has 2 aromatic rings. The summed E-state index contributed by atoms with van der Waals surface area (Å²) in [7, 11) is 0. The Bertz CT molecular complexity index is 1070. The Balaban J connectivity index is 1.72. The van der Waals surface area contributed by atoms with E-state index in [1.807, 2.05) is 0 Å². The second-order valence-corrected chi connectivity index (χ2v) is 8.88. The van der Waals surface area contributed by atoms with Crippen molar-refractivity contribution in [2.24, 2.45) is 0 Å². The van der Waals surface area contributed by atoms with Gasteiger partial charge >= 0.3 is 5.97 Å². The number of thioether (sulfide) groups is 1. The van der Waals surface area contributed by atoms with E-state index in [9.17, 15) is 19.2 Å². The minimum absolute atomic E-state index is 0.163. The number of ether oxygens (including phenoxy) is 1. The molecule has 0 aliphatic carbocycles. The van der Waals surface area contributed by atoms with E-state index in [2.05, 4.69) is 37.2 Å². The summed E-state index contributed by atoms with van der Waals surface area (Å²) in [5.74, 6) is -1.88. The molecule has 0 spiro atoms. The molecule has 0 radical (unpaired) electrons. The number of nitrogens with one attached hydrogen (secondary N) is 1. The molecule has 0 bridgehead atoms. The maximum atomic E-state index is 12.6. The first-order valence-corrected chi connectivity index (χ1v) is 11.1. The molecule has 1 aliphatic rings. The summed E-state index contributed by atoms with van der Waals surface area (Å²) >= 11 is 7.34. The number of carboxylic acid groups (broad SMARTS) is 1. The number of halogens is 2. The third-order valence-corrected chi connectivity index (χ3v) is 5.98. The summed E-state index contributed by atoms with van der Waals surface area (Å²) in [5, 5.41) is 10.8. The molecule has 1 saturated heterocycles. The van der Waals surface area contributed by atoms with Gasteiger partial charge in [0, 0.05) is 5.69 Å². The van der Waals surface area contributed by atoms with E-state index in [4.69, 9.17) is 9.84 Å². The number of para-hydroxylation sites is 1. The Morgan fingerprint density at radius 2 is 1.77 bits per heavy atom. The molecule has 160 valence electrons. The molecule has 1 aliphatic heterocycles. The number of hydrogen-bond acceptors (Lipinski definition) is 6. The molecule has 2 N–H and O–H groups in total. The van der Waals surface area contributed by atoms with E-state index >= 15 is 0 Å². The normalized spacial score (nSPS) is 14.8. The van der Waals surface area contributed by atoms with E-state index in [1.54, 1.807) is 42.5 Å². The minimum atomic E-state index is -1.12. The maximum Gasteiger partial charge on any atom is 0.341 e. The maximum absolute atomic E-state index is 12.6. The molecule has 11 heteroatoms. The van der Waals surface area contributed by atoms with E-state index in [-0.39, 0.29) is 4.91 Å². The van der Waals surface area contributed by atoms with Gasteiger partial charge in [-0.05, 0) is 79.5 Å². The van der Waals surface area contributed by atoms with E-state index in [0.29, 0.717) is 25.9 Å². The van der Waals surface area contributed by atoms with Crippen LogP contribution in [0.1, 0.15) is 5.56 Å². The van der Waals surface area contributed by atoms with Crippen LogP contribution < -0.4 is 10.1 Å². The predicted octanol–water partition coefficient (Wildman–Crippen LogP) is 4.35. The number of amides is 3. The van der Waals surface area contributed by atoms with Crippen molar-refractivity contribution in [1.29, 1.82) is 0 Å². The Morgan fingerprint density at radius 1 is 1.13 bits per heavy atom. The highest BCUT2D eigenvalue weighted by atomic mass is 79.9. The summed E-state index contributed by atoms with van der Waals surface area (Å²) in [6.45, 7) is -0.910. The zero-order valence-electron chi connectivity index (χ0n) is 15.6. The minimum Gasteiger partial charge on any atom is -0.480 e. The Hall–Kier alpha value is -2.63.